The minimum absolute atomic E-state index is 0.206. The Morgan fingerprint density at radius 3 is 2.38 bits per heavy atom. The molecule has 2 N–H and O–H groups in total. The lowest BCUT2D eigenvalue weighted by atomic mass is 10.0. The maximum absolute atomic E-state index is 11.8. The molecule has 21 heavy (non-hydrogen) atoms. The molecule has 0 saturated carbocycles. The molecule has 1 aromatic carbocycles. The van der Waals surface area contributed by atoms with Crippen molar-refractivity contribution in [1.29, 1.82) is 0 Å². The van der Waals surface area contributed by atoms with Gasteiger partial charge in [0, 0.05) is 17.1 Å². The number of amides is 1. The summed E-state index contributed by atoms with van der Waals surface area (Å²) in [6, 6.07) is 7.33. The summed E-state index contributed by atoms with van der Waals surface area (Å²) >= 11 is 1.60. The quantitative estimate of drug-likeness (QED) is 0.724. The maximum atomic E-state index is 11.8. The number of aliphatic carboxylic acids is 1. The fourth-order valence-corrected chi connectivity index (χ4v) is 2.71. The van der Waals surface area contributed by atoms with Crippen LogP contribution in [-0.4, -0.2) is 28.8 Å². The Balaban J connectivity index is 2.35. The third-order valence-corrected chi connectivity index (χ3v) is 3.97. The second-order valence-electron chi connectivity index (χ2n) is 5.50. The predicted molar refractivity (Wildman–Crippen MR) is 85.5 cm³/mol. The van der Waals surface area contributed by atoms with Gasteiger partial charge >= 0.3 is 5.97 Å². The van der Waals surface area contributed by atoms with Gasteiger partial charge in [0.2, 0.25) is 5.91 Å². The van der Waals surface area contributed by atoms with Crippen LogP contribution < -0.4 is 5.32 Å². The van der Waals surface area contributed by atoms with E-state index in [1.165, 1.54) is 5.56 Å². The van der Waals surface area contributed by atoms with E-state index in [9.17, 15) is 9.59 Å². The number of carbonyl (C=O) groups excluding carboxylic acids is 1. The van der Waals surface area contributed by atoms with Crippen LogP contribution in [0.3, 0.4) is 0 Å². The first-order valence-corrected chi connectivity index (χ1v) is 8.08. The number of hydrogen-bond acceptors (Lipinski definition) is 3. The van der Waals surface area contributed by atoms with Crippen LogP contribution in [0, 0.1) is 12.8 Å². The molecule has 0 unspecified atom stereocenters. The summed E-state index contributed by atoms with van der Waals surface area (Å²) in [5, 5.41) is 11.7. The lowest BCUT2D eigenvalue weighted by Gasteiger charge is -2.16. The molecule has 0 spiro atoms. The SMILES string of the molecule is Cc1ccc(SCCC(=O)N[C@@H](CC(C)C)C(=O)O)cc1. The minimum Gasteiger partial charge on any atom is -0.480 e. The van der Waals surface area contributed by atoms with Gasteiger partial charge in [0.05, 0.1) is 0 Å². The van der Waals surface area contributed by atoms with Gasteiger partial charge in [0.25, 0.3) is 0 Å². The van der Waals surface area contributed by atoms with Gasteiger partial charge < -0.3 is 10.4 Å². The summed E-state index contributed by atoms with van der Waals surface area (Å²) in [4.78, 5) is 24.0. The van der Waals surface area contributed by atoms with Crippen molar-refractivity contribution in [2.24, 2.45) is 5.92 Å². The molecule has 116 valence electrons. The number of hydrogen-bond donors (Lipinski definition) is 2. The van der Waals surface area contributed by atoms with E-state index in [0.717, 1.165) is 4.90 Å². The molecule has 4 nitrogen and oxygen atoms in total. The van der Waals surface area contributed by atoms with Gasteiger partial charge in [0.1, 0.15) is 6.04 Å². The number of carboxylic acid groups (broad SMARTS) is 1. The summed E-state index contributed by atoms with van der Waals surface area (Å²) in [5.41, 5.74) is 1.20. The van der Waals surface area contributed by atoms with Gasteiger partial charge in [-0.05, 0) is 31.4 Å². The summed E-state index contributed by atoms with van der Waals surface area (Å²) < 4.78 is 0. The Morgan fingerprint density at radius 2 is 1.86 bits per heavy atom. The van der Waals surface area contributed by atoms with Gasteiger partial charge in [0.15, 0.2) is 0 Å². The molecule has 5 heteroatoms. The van der Waals surface area contributed by atoms with Crippen LogP contribution >= 0.6 is 11.8 Å². The summed E-state index contributed by atoms with van der Waals surface area (Å²) in [6.45, 7) is 5.91. The van der Waals surface area contributed by atoms with Crippen LogP contribution in [0.4, 0.5) is 0 Å². The van der Waals surface area contributed by atoms with Crippen molar-refractivity contribution in [3.8, 4) is 0 Å². The molecule has 0 heterocycles. The molecule has 0 bridgehead atoms. The van der Waals surface area contributed by atoms with Gasteiger partial charge in [-0.15, -0.1) is 11.8 Å². The second-order valence-corrected chi connectivity index (χ2v) is 6.67. The standard InChI is InChI=1S/C16H23NO3S/c1-11(2)10-14(16(19)20)17-15(18)8-9-21-13-6-4-12(3)5-7-13/h4-7,11,14H,8-10H2,1-3H3,(H,17,18)(H,19,20)/t14-/m0/s1. The van der Waals surface area contributed by atoms with E-state index in [0.29, 0.717) is 18.6 Å². The van der Waals surface area contributed by atoms with Crippen molar-refractivity contribution >= 4 is 23.6 Å². The van der Waals surface area contributed by atoms with Gasteiger partial charge in [-0.1, -0.05) is 31.5 Å². The third-order valence-electron chi connectivity index (χ3n) is 2.96. The van der Waals surface area contributed by atoms with Gasteiger partial charge in [-0.3, -0.25) is 4.79 Å². The molecule has 0 aliphatic rings. The smallest absolute Gasteiger partial charge is 0.326 e. The Kier molecular flexibility index (Phi) is 7.29. The average molecular weight is 309 g/mol. The third kappa shape index (κ3) is 7.18. The number of nitrogens with one attached hydrogen (secondary N) is 1. The molecule has 1 aromatic rings. The van der Waals surface area contributed by atoms with E-state index in [2.05, 4.69) is 5.32 Å². The van der Waals surface area contributed by atoms with Crippen LogP contribution in [0.1, 0.15) is 32.3 Å². The van der Waals surface area contributed by atoms with E-state index < -0.39 is 12.0 Å². The van der Waals surface area contributed by atoms with Crippen molar-refractivity contribution < 1.29 is 14.7 Å². The zero-order valence-electron chi connectivity index (χ0n) is 12.8. The first-order chi connectivity index (χ1) is 9.88. The zero-order valence-corrected chi connectivity index (χ0v) is 13.6. The van der Waals surface area contributed by atoms with Crippen molar-refractivity contribution in [2.45, 2.75) is 44.6 Å². The monoisotopic (exact) mass is 309 g/mol. The van der Waals surface area contributed by atoms with Crippen LogP contribution in [-0.2, 0) is 9.59 Å². The lowest BCUT2D eigenvalue weighted by Crippen LogP contribution is -2.41. The Hall–Kier alpha value is -1.49. The number of benzene rings is 1. The van der Waals surface area contributed by atoms with Gasteiger partial charge in [-0.25, -0.2) is 4.79 Å². The molecule has 1 amide bonds. The zero-order chi connectivity index (χ0) is 15.8. The highest BCUT2D eigenvalue weighted by atomic mass is 32.2. The second kappa shape index (κ2) is 8.72. The van der Waals surface area contributed by atoms with E-state index >= 15 is 0 Å². The average Bonchev–Trinajstić information content (AvgIpc) is 2.39. The largest absolute Gasteiger partial charge is 0.480 e. The van der Waals surface area contributed by atoms with Crippen LogP contribution in [0.5, 0.6) is 0 Å². The van der Waals surface area contributed by atoms with Crippen molar-refractivity contribution in [1.82, 2.24) is 5.32 Å². The van der Waals surface area contributed by atoms with Crippen LogP contribution in [0.2, 0.25) is 0 Å². The first kappa shape index (κ1) is 17.6. The molecule has 0 saturated heterocycles. The molecule has 0 fully saturated rings. The van der Waals surface area contributed by atoms with Crippen LogP contribution in [0.15, 0.2) is 29.2 Å². The molecule has 1 rings (SSSR count). The van der Waals surface area contributed by atoms with E-state index in [1.807, 2.05) is 45.0 Å². The van der Waals surface area contributed by atoms with Gasteiger partial charge in [-0.2, -0.15) is 0 Å². The molecule has 1 atom stereocenters. The minimum atomic E-state index is -0.969. The van der Waals surface area contributed by atoms with Crippen molar-refractivity contribution in [3.63, 3.8) is 0 Å². The number of carboxylic acids is 1. The highest BCUT2D eigenvalue weighted by Crippen LogP contribution is 2.19. The normalized spacial score (nSPS) is 12.2. The summed E-state index contributed by atoms with van der Waals surface area (Å²) in [6.07, 6.45) is 0.770. The lowest BCUT2D eigenvalue weighted by molar-refractivity contribution is -0.142. The van der Waals surface area contributed by atoms with E-state index in [4.69, 9.17) is 5.11 Å². The summed E-state index contributed by atoms with van der Waals surface area (Å²) in [7, 11) is 0. The fraction of sp³-hybridized carbons (Fsp3) is 0.500. The van der Waals surface area contributed by atoms with E-state index in [1.54, 1.807) is 11.8 Å². The molecule has 0 radical (unpaired) electrons. The fourth-order valence-electron chi connectivity index (χ4n) is 1.86. The highest BCUT2D eigenvalue weighted by molar-refractivity contribution is 7.99. The maximum Gasteiger partial charge on any atom is 0.326 e. The Morgan fingerprint density at radius 1 is 1.24 bits per heavy atom. The molecular weight excluding hydrogens is 286 g/mol. The number of rotatable bonds is 8. The number of aryl methyl sites for hydroxylation is 1. The topological polar surface area (TPSA) is 66.4 Å². The first-order valence-electron chi connectivity index (χ1n) is 7.10. The van der Waals surface area contributed by atoms with Crippen LogP contribution in [0.25, 0.3) is 0 Å². The number of carbonyl (C=O) groups is 2. The highest BCUT2D eigenvalue weighted by Gasteiger charge is 2.20. The predicted octanol–water partition coefficient (Wildman–Crippen LogP) is 3.09. The molecule has 0 aliphatic carbocycles. The molecular formula is C16H23NO3S. The van der Waals surface area contributed by atoms with E-state index in [-0.39, 0.29) is 11.8 Å². The Labute approximate surface area is 130 Å². The van der Waals surface area contributed by atoms with Crippen molar-refractivity contribution in [2.75, 3.05) is 5.75 Å². The summed E-state index contributed by atoms with van der Waals surface area (Å²) in [5.74, 6) is -0.303. The Bertz CT molecular complexity index is 471. The molecule has 0 aromatic heterocycles. The number of thioether (sulfide) groups is 1. The van der Waals surface area contributed by atoms with Crippen molar-refractivity contribution in [3.05, 3.63) is 29.8 Å². The molecule has 0 aliphatic heterocycles.